The van der Waals surface area contributed by atoms with Gasteiger partial charge in [-0.1, -0.05) is 12.1 Å². The fourth-order valence-electron chi connectivity index (χ4n) is 2.57. The molecule has 2 aromatic carbocycles. The first-order valence-corrected chi connectivity index (χ1v) is 8.20. The van der Waals surface area contributed by atoms with Gasteiger partial charge in [-0.2, -0.15) is 0 Å². The van der Waals surface area contributed by atoms with Gasteiger partial charge in [0.25, 0.3) is 0 Å². The van der Waals surface area contributed by atoms with Crippen molar-refractivity contribution in [1.82, 2.24) is 4.90 Å². The number of anilines is 2. The molecule has 0 aliphatic rings. The molecule has 0 aliphatic carbocycles. The molecule has 0 saturated carbocycles. The molecule has 0 bridgehead atoms. The second-order valence-electron chi connectivity index (χ2n) is 5.97. The molecule has 0 unspecified atom stereocenters. The topological polar surface area (TPSA) is 28.1 Å². The molecule has 24 heavy (non-hydrogen) atoms. The van der Waals surface area contributed by atoms with Gasteiger partial charge in [0, 0.05) is 26.3 Å². The summed E-state index contributed by atoms with van der Waals surface area (Å²) < 4.78 is 5.49. The molecule has 0 fully saturated rings. The molecular weight excluding hydrogens is 298 g/mol. The van der Waals surface area contributed by atoms with Crippen LogP contribution in [0.4, 0.5) is 17.1 Å². The number of para-hydroxylation sites is 2. The molecule has 0 heterocycles. The van der Waals surface area contributed by atoms with E-state index in [0.717, 1.165) is 34.9 Å². The Morgan fingerprint density at radius 1 is 1.04 bits per heavy atom. The predicted octanol–water partition coefficient (Wildman–Crippen LogP) is 4.69. The van der Waals surface area contributed by atoms with Gasteiger partial charge in [-0.25, -0.2) is 4.99 Å². The van der Waals surface area contributed by atoms with Crippen LogP contribution in [0, 0.1) is 13.8 Å². The fraction of sp³-hybridized carbons (Fsp3) is 0.350. The number of hydrogen-bond donors (Lipinski definition) is 0. The Bertz CT molecular complexity index is 725. The summed E-state index contributed by atoms with van der Waals surface area (Å²) in [6, 6.07) is 12.4. The summed E-state index contributed by atoms with van der Waals surface area (Å²) in [5.41, 5.74) is 5.53. The molecule has 0 amide bonds. The zero-order chi connectivity index (χ0) is 17.7. The minimum Gasteiger partial charge on any atom is -0.495 e. The highest BCUT2D eigenvalue weighted by atomic mass is 16.5. The lowest BCUT2D eigenvalue weighted by Gasteiger charge is -2.24. The van der Waals surface area contributed by atoms with Crippen LogP contribution < -0.4 is 9.64 Å². The van der Waals surface area contributed by atoms with Crippen molar-refractivity contribution in [3.05, 3.63) is 47.5 Å². The molecule has 4 nitrogen and oxygen atoms in total. The van der Waals surface area contributed by atoms with Gasteiger partial charge in [0.15, 0.2) is 0 Å². The Balaban J connectivity index is 2.38. The second-order valence-corrected chi connectivity index (χ2v) is 5.97. The summed E-state index contributed by atoms with van der Waals surface area (Å²) >= 11 is 0. The number of aliphatic imine (C=N–C) groups is 1. The molecule has 0 aromatic heterocycles. The Morgan fingerprint density at radius 3 is 2.42 bits per heavy atom. The van der Waals surface area contributed by atoms with Gasteiger partial charge in [-0.3, -0.25) is 0 Å². The second kappa shape index (κ2) is 7.86. The number of ether oxygens (including phenoxy) is 1. The maximum absolute atomic E-state index is 5.49. The van der Waals surface area contributed by atoms with Crippen molar-refractivity contribution in [2.45, 2.75) is 20.8 Å². The molecule has 0 aliphatic heterocycles. The van der Waals surface area contributed by atoms with Crippen LogP contribution in [0.1, 0.15) is 18.1 Å². The Kier molecular flexibility index (Phi) is 5.85. The zero-order valence-electron chi connectivity index (χ0n) is 15.5. The Morgan fingerprint density at radius 2 is 1.75 bits per heavy atom. The standard InChI is InChI=1S/C20H27N3O/c1-7-22(4)14-21-17-12-16(3)19(13-15(17)2)23(5)18-10-8-9-11-20(18)24-6/h8-14H,7H2,1-6H3/b21-14+. The minimum atomic E-state index is 0.865. The van der Waals surface area contributed by atoms with E-state index in [2.05, 4.69) is 60.8 Å². The van der Waals surface area contributed by atoms with Crippen LogP contribution in [0.15, 0.2) is 41.4 Å². The average Bonchev–Trinajstić information content (AvgIpc) is 2.61. The van der Waals surface area contributed by atoms with Crippen molar-refractivity contribution < 1.29 is 4.74 Å². The Hall–Kier alpha value is -2.49. The van der Waals surface area contributed by atoms with Gasteiger partial charge in [-0.05, 0) is 56.2 Å². The van der Waals surface area contributed by atoms with E-state index in [1.165, 1.54) is 5.56 Å². The van der Waals surface area contributed by atoms with Crippen LogP contribution in [0.3, 0.4) is 0 Å². The van der Waals surface area contributed by atoms with Gasteiger partial charge < -0.3 is 14.5 Å². The molecule has 128 valence electrons. The molecule has 0 atom stereocenters. The number of hydrogen-bond acceptors (Lipinski definition) is 3. The van der Waals surface area contributed by atoms with Crippen LogP contribution in [0.2, 0.25) is 0 Å². The van der Waals surface area contributed by atoms with E-state index in [9.17, 15) is 0 Å². The molecule has 0 N–H and O–H groups in total. The number of rotatable bonds is 6. The fourth-order valence-corrected chi connectivity index (χ4v) is 2.57. The van der Waals surface area contributed by atoms with Crippen molar-refractivity contribution in [3.8, 4) is 5.75 Å². The van der Waals surface area contributed by atoms with Gasteiger partial charge in [-0.15, -0.1) is 0 Å². The molecule has 2 aromatic rings. The number of nitrogens with zero attached hydrogens (tertiary/aromatic N) is 3. The highest BCUT2D eigenvalue weighted by molar-refractivity contribution is 5.74. The summed E-state index contributed by atoms with van der Waals surface area (Å²) in [7, 11) is 5.79. The number of aryl methyl sites for hydroxylation is 2. The lowest BCUT2D eigenvalue weighted by Crippen LogP contribution is -2.14. The maximum atomic E-state index is 5.49. The van der Waals surface area contributed by atoms with Crippen LogP contribution in [-0.2, 0) is 0 Å². The van der Waals surface area contributed by atoms with Gasteiger partial charge >= 0.3 is 0 Å². The van der Waals surface area contributed by atoms with Crippen molar-refractivity contribution in [3.63, 3.8) is 0 Å². The summed E-state index contributed by atoms with van der Waals surface area (Å²) in [4.78, 5) is 8.82. The van der Waals surface area contributed by atoms with Crippen LogP contribution in [0.5, 0.6) is 5.75 Å². The summed E-state index contributed by atoms with van der Waals surface area (Å²) in [6.45, 7) is 7.26. The highest BCUT2D eigenvalue weighted by Crippen LogP contribution is 2.36. The monoisotopic (exact) mass is 325 g/mol. The average molecular weight is 325 g/mol. The Labute approximate surface area is 145 Å². The van der Waals surface area contributed by atoms with Crippen LogP contribution in [0.25, 0.3) is 0 Å². The van der Waals surface area contributed by atoms with E-state index in [0.29, 0.717) is 0 Å². The van der Waals surface area contributed by atoms with E-state index in [-0.39, 0.29) is 0 Å². The first kappa shape index (κ1) is 17.9. The van der Waals surface area contributed by atoms with E-state index in [1.54, 1.807) is 7.11 Å². The lowest BCUT2D eigenvalue weighted by molar-refractivity contribution is 0.415. The molecule has 0 saturated heterocycles. The third-order valence-corrected chi connectivity index (χ3v) is 4.22. The molecule has 0 spiro atoms. The van der Waals surface area contributed by atoms with Gasteiger partial charge in [0.2, 0.25) is 0 Å². The summed E-state index contributed by atoms with van der Waals surface area (Å²) in [5.74, 6) is 0.865. The van der Waals surface area contributed by atoms with Gasteiger partial charge in [0.05, 0.1) is 24.8 Å². The normalized spacial score (nSPS) is 10.9. The number of benzene rings is 2. The largest absolute Gasteiger partial charge is 0.495 e. The highest BCUT2D eigenvalue weighted by Gasteiger charge is 2.13. The smallest absolute Gasteiger partial charge is 0.142 e. The molecule has 4 heteroatoms. The molecule has 2 rings (SSSR count). The van der Waals surface area contributed by atoms with Crippen molar-refractivity contribution in [1.29, 1.82) is 0 Å². The summed E-state index contributed by atoms with van der Waals surface area (Å²) in [5, 5.41) is 0. The van der Waals surface area contributed by atoms with Crippen LogP contribution in [-0.4, -0.2) is 39.0 Å². The number of methoxy groups -OCH3 is 1. The lowest BCUT2D eigenvalue weighted by atomic mass is 10.1. The SMILES string of the molecule is CCN(C)/C=N/c1cc(C)c(N(C)c2ccccc2OC)cc1C. The minimum absolute atomic E-state index is 0.865. The quantitative estimate of drug-likeness (QED) is 0.569. The molecular formula is C20H27N3O. The first-order valence-electron chi connectivity index (χ1n) is 8.20. The van der Waals surface area contributed by atoms with Gasteiger partial charge in [0.1, 0.15) is 5.75 Å². The maximum Gasteiger partial charge on any atom is 0.142 e. The molecule has 0 radical (unpaired) electrons. The third-order valence-electron chi connectivity index (χ3n) is 4.22. The van der Waals surface area contributed by atoms with Crippen molar-refractivity contribution in [2.75, 3.05) is 32.6 Å². The summed E-state index contributed by atoms with van der Waals surface area (Å²) in [6.07, 6.45) is 1.88. The third kappa shape index (κ3) is 3.88. The van der Waals surface area contributed by atoms with Crippen molar-refractivity contribution in [2.24, 2.45) is 4.99 Å². The van der Waals surface area contributed by atoms with Crippen molar-refractivity contribution >= 4 is 23.4 Å². The van der Waals surface area contributed by atoms with Crippen LogP contribution >= 0.6 is 0 Å². The first-order chi connectivity index (χ1) is 11.5. The zero-order valence-corrected chi connectivity index (χ0v) is 15.5. The van der Waals surface area contributed by atoms with E-state index in [1.807, 2.05) is 31.6 Å². The van der Waals surface area contributed by atoms with E-state index in [4.69, 9.17) is 4.74 Å². The predicted molar refractivity (Wildman–Crippen MR) is 103 cm³/mol. The van der Waals surface area contributed by atoms with E-state index < -0.39 is 0 Å². The van der Waals surface area contributed by atoms with E-state index >= 15 is 0 Å².